The van der Waals surface area contributed by atoms with E-state index in [9.17, 15) is 9.90 Å². The van der Waals surface area contributed by atoms with Crippen LogP contribution >= 0.6 is 0 Å². The van der Waals surface area contributed by atoms with Crippen LogP contribution in [0.3, 0.4) is 0 Å². The Hall–Kier alpha value is -1.79. The van der Waals surface area contributed by atoms with E-state index in [0.29, 0.717) is 12.0 Å². The van der Waals surface area contributed by atoms with Crippen molar-refractivity contribution in [1.29, 1.82) is 0 Å². The quantitative estimate of drug-likeness (QED) is 0.486. The molecule has 0 aromatic heterocycles. The predicted octanol–water partition coefficient (Wildman–Crippen LogP) is 2.79. The maximum atomic E-state index is 11.6. The first-order valence-electron chi connectivity index (χ1n) is 6.60. The lowest BCUT2D eigenvalue weighted by Gasteiger charge is -2.08. The lowest BCUT2D eigenvalue weighted by Crippen LogP contribution is -2.18. The second-order valence-electron chi connectivity index (χ2n) is 4.28. The highest BCUT2D eigenvalue weighted by Gasteiger charge is 2.09. The molecule has 0 saturated heterocycles. The van der Waals surface area contributed by atoms with Crippen LogP contribution in [-0.4, -0.2) is 23.8 Å². The van der Waals surface area contributed by atoms with Crippen LogP contribution < -0.4 is 0 Å². The Morgan fingerprint density at radius 1 is 1.32 bits per heavy atom. The lowest BCUT2D eigenvalue weighted by atomic mass is 10.2. The fraction of sp³-hybridized carbons (Fsp3) is 0.438. The summed E-state index contributed by atoms with van der Waals surface area (Å²) < 4.78 is 5.01. The number of hydrogen-bond donors (Lipinski definition) is 1. The summed E-state index contributed by atoms with van der Waals surface area (Å²) in [7, 11) is 0. The van der Waals surface area contributed by atoms with E-state index in [4.69, 9.17) is 4.74 Å². The summed E-state index contributed by atoms with van der Waals surface area (Å²) in [6.45, 7) is 2.09. The molecule has 3 nitrogen and oxygen atoms in total. The van der Waals surface area contributed by atoms with Crippen LogP contribution in [0.15, 0.2) is 30.3 Å². The number of aliphatic hydroxyl groups excluding tert-OH is 1. The Morgan fingerprint density at radius 3 is 2.74 bits per heavy atom. The molecule has 0 radical (unpaired) electrons. The van der Waals surface area contributed by atoms with Crippen LogP contribution in [0.2, 0.25) is 0 Å². The molecule has 0 bridgehead atoms. The molecular formula is C16H20O3. The van der Waals surface area contributed by atoms with Crippen LogP contribution in [0.1, 0.15) is 43.0 Å². The predicted molar refractivity (Wildman–Crippen MR) is 74.6 cm³/mol. The number of carbonyl (C=O) groups is 1. The maximum absolute atomic E-state index is 11.6. The van der Waals surface area contributed by atoms with Gasteiger partial charge >= 0.3 is 5.97 Å². The molecule has 19 heavy (non-hydrogen) atoms. The van der Waals surface area contributed by atoms with E-state index < -0.39 is 12.1 Å². The van der Waals surface area contributed by atoms with Gasteiger partial charge in [-0.1, -0.05) is 31.5 Å². The second-order valence-corrected chi connectivity index (χ2v) is 4.28. The van der Waals surface area contributed by atoms with E-state index in [1.54, 1.807) is 24.3 Å². The third-order valence-corrected chi connectivity index (χ3v) is 2.53. The first-order valence-corrected chi connectivity index (χ1v) is 6.60. The molecule has 0 unspecified atom stereocenters. The fourth-order valence-electron chi connectivity index (χ4n) is 1.43. The first-order chi connectivity index (χ1) is 9.24. The summed E-state index contributed by atoms with van der Waals surface area (Å²) in [5.74, 6) is 5.46. The molecule has 0 spiro atoms. The Bertz CT molecular complexity index is 428. The van der Waals surface area contributed by atoms with Crippen LogP contribution in [0, 0.1) is 11.8 Å². The van der Waals surface area contributed by atoms with Gasteiger partial charge in [0.1, 0.15) is 6.61 Å². The van der Waals surface area contributed by atoms with E-state index in [-0.39, 0.29) is 6.61 Å². The number of hydrogen-bond acceptors (Lipinski definition) is 3. The number of benzene rings is 1. The van der Waals surface area contributed by atoms with Gasteiger partial charge in [-0.2, -0.15) is 0 Å². The van der Waals surface area contributed by atoms with Crippen molar-refractivity contribution in [1.82, 2.24) is 0 Å². The van der Waals surface area contributed by atoms with E-state index >= 15 is 0 Å². The molecule has 0 aliphatic heterocycles. The number of ether oxygens (including phenoxy) is 1. The summed E-state index contributed by atoms with van der Waals surface area (Å²) in [6.07, 6.45) is 2.67. The molecule has 0 aliphatic carbocycles. The SMILES string of the molecule is CCCCC#CC[C@@H](O)COC(=O)c1ccccc1. The molecular weight excluding hydrogens is 240 g/mol. The Balaban J connectivity index is 2.24. The average Bonchev–Trinajstić information content (AvgIpc) is 2.45. The Morgan fingerprint density at radius 2 is 2.05 bits per heavy atom. The molecule has 0 amide bonds. The van der Waals surface area contributed by atoms with Crippen LogP contribution in [0.5, 0.6) is 0 Å². The lowest BCUT2D eigenvalue weighted by molar-refractivity contribution is 0.0269. The zero-order valence-corrected chi connectivity index (χ0v) is 11.3. The summed E-state index contributed by atoms with van der Waals surface area (Å²) in [6, 6.07) is 8.73. The Labute approximate surface area is 114 Å². The highest BCUT2D eigenvalue weighted by molar-refractivity contribution is 5.89. The van der Waals surface area contributed by atoms with Gasteiger partial charge in [0, 0.05) is 12.8 Å². The van der Waals surface area contributed by atoms with E-state index in [1.807, 2.05) is 6.07 Å². The molecule has 0 heterocycles. The second kappa shape index (κ2) is 9.18. The van der Waals surface area contributed by atoms with E-state index in [1.165, 1.54) is 0 Å². The van der Waals surface area contributed by atoms with Gasteiger partial charge in [-0.05, 0) is 18.6 Å². The number of unbranched alkanes of at least 4 members (excludes halogenated alkanes) is 2. The van der Waals surface area contributed by atoms with E-state index in [2.05, 4.69) is 18.8 Å². The monoisotopic (exact) mass is 260 g/mol. The van der Waals surface area contributed by atoms with E-state index in [0.717, 1.165) is 19.3 Å². The zero-order valence-electron chi connectivity index (χ0n) is 11.3. The summed E-state index contributed by atoms with van der Waals surface area (Å²) >= 11 is 0. The average molecular weight is 260 g/mol. The molecule has 1 rings (SSSR count). The van der Waals surface area contributed by atoms with Crippen molar-refractivity contribution in [2.24, 2.45) is 0 Å². The van der Waals surface area contributed by atoms with Crippen molar-refractivity contribution in [2.75, 3.05) is 6.61 Å². The summed E-state index contributed by atoms with van der Waals surface area (Å²) in [5.41, 5.74) is 0.490. The molecule has 1 atom stereocenters. The number of esters is 1. The minimum Gasteiger partial charge on any atom is -0.459 e. The number of carbonyl (C=O) groups excluding carboxylic acids is 1. The summed E-state index contributed by atoms with van der Waals surface area (Å²) in [4.78, 5) is 11.6. The smallest absolute Gasteiger partial charge is 0.338 e. The van der Waals surface area contributed by atoms with Crippen LogP contribution in [-0.2, 0) is 4.74 Å². The van der Waals surface area contributed by atoms with Crippen molar-refractivity contribution >= 4 is 5.97 Å². The van der Waals surface area contributed by atoms with Crippen molar-refractivity contribution in [2.45, 2.75) is 38.7 Å². The van der Waals surface area contributed by atoms with Crippen molar-refractivity contribution in [3.63, 3.8) is 0 Å². The molecule has 1 aromatic rings. The number of aliphatic hydroxyl groups is 1. The standard InChI is InChI=1S/C16H20O3/c1-2-3-4-5-9-12-15(17)13-19-16(18)14-10-7-6-8-11-14/h6-8,10-11,15,17H,2-4,12-13H2,1H3/t15-/m1/s1. The van der Waals surface area contributed by atoms with Crippen molar-refractivity contribution in [3.05, 3.63) is 35.9 Å². The molecule has 3 heteroatoms. The van der Waals surface area contributed by atoms with Gasteiger partial charge in [0.15, 0.2) is 0 Å². The molecule has 1 aromatic carbocycles. The Kier molecular flexibility index (Phi) is 7.38. The maximum Gasteiger partial charge on any atom is 0.338 e. The molecule has 0 saturated carbocycles. The fourth-order valence-corrected chi connectivity index (χ4v) is 1.43. The van der Waals surface area contributed by atoms with Gasteiger partial charge in [0.05, 0.1) is 11.7 Å². The van der Waals surface area contributed by atoms with Crippen LogP contribution in [0.4, 0.5) is 0 Å². The molecule has 0 aliphatic rings. The van der Waals surface area contributed by atoms with Gasteiger partial charge in [-0.25, -0.2) is 4.79 Å². The van der Waals surface area contributed by atoms with Gasteiger partial charge in [-0.15, -0.1) is 11.8 Å². The molecule has 102 valence electrons. The van der Waals surface area contributed by atoms with Gasteiger partial charge in [0.2, 0.25) is 0 Å². The zero-order chi connectivity index (χ0) is 13.9. The largest absolute Gasteiger partial charge is 0.459 e. The first kappa shape index (κ1) is 15.3. The van der Waals surface area contributed by atoms with Crippen molar-refractivity contribution < 1.29 is 14.6 Å². The third kappa shape index (κ3) is 6.64. The third-order valence-electron chi connectivity index (χ3n) is 2.53. The van der Waals surface area contributed by atoms with Gasteiger partial charge in [0.25, 0.3) is 0 Å². The minimum atomic E-state index is -0.721. The summed E-state index contributed by atoms with van der Waals surface area (Å²) in [5, 5.41) is 9.62. The van der Waals surface area contributed by atoms with Crippen molar-refractivity contribution in [3.8, 4) is 11.8 Å². The molecule has 1 N–H and O–H groups in total. The highest BCUT2D eigenvalue weighted by atomic mass is 16.5. The topological polar surface area (TPSA) is 46.5 Å². The van der Waals surface area contributed by atoms with Crippen LogP contribution in [0.25, 0.3) is 0 Å². The normalized spacial score (nSPS) is 11.3. The van der Waals surface area contributed by atoms with Gasteiger partial charge in [-0.3, -0.25) is 0 Å². The van der Waals surface area contributed by atoms with Gasteiger partial charge < -0.3 is 9.84 Å². The minimum absolute atomic E-state index is 0.0177. The molecule has 0 fully saturated rings. The highest BCUT2D eigenvalue weighted by Crippen LogP contribution is 2.02. The number of rotatable bonds is 6.